The van der Waals surface area contributed by atoms with Gasteiger partial charge in [0.2, 0.25) is 5.91 Å². The fourth-order valence-electron chi connectivity index (χ4n) is 1.88. The van der Waals surface area contributed by atoms with Crippen LogP contribution in [0.3, 0.4) is 0 Å². The molecule has 0 aromatic rings. The van der Waals surface area contributed by atoms with Gasteiger partial charge in [-0.15, -0.1) is 6.58 Å². The van der Waals surface area contributed by atoms with E-state index in [1.165, 1.54) is 6.08 Å². The van der Waals surface area contributed by atoms with Crippen LogP contribution >= 0.6 is 0 Å². The highest BCUT2D eigenvalue weighted by molar-refractivity contribution is 5.95. The van der Waals surface area contributed by atoms with Crippen molar-refractivity contribution >= 4 is 11.9 Å². The number of aliphatic hydroxyl groups excluding tert-OH is 1. The largest absolute Gasteiger partial charge is 0.395 e. The Morgan fingerprint density at radius 3 is 2.47 bits per heavy atom. The summed E-state index contributed by atoms with van der Waals surface area (Å²) >= 11 is 0. The first-order valence-corrected chi connectivity index (χ1v) is 6.62. The monoisotopic (exact) mass is 271 g/mol. The van der Waals surface area contributed by atoms with E-state index < -0.39 is 6.03 Å². The number of carbonyl (C=O) groups is 2. The molecule has 0 spiro atoms. The lowest BCUT2D eigenvalue weighted by Gasteiger charge is -2.28. The quantitative estimate of drug-likeness (QED) is 0.533. The number of nitrogens with zero attached hydrogens (tertiary/aromatic N) is 1. The molecule has 0 saturated heterocycles. The summed E-state index contributed by atoms with van der Waals surface area (Å²) in [5.74, 6) is -0.373. The molecule has 0 bridgehead atoms. The number of rotatable bonds is 9. The molecule has 0 unspecified atom stereocenters. The van der Waals surface area contributed by atoms with Gasteiger partial charge in [-0.1, -0.05) is 19.9 Å². The Hall–Kier alpha value is -1.40. The standard InChI is InChI=1S/C13H25N3O3/c1-4-7-14-13(19)15-12(18)10-16(8-9-17)11(5-2)6-3/h4,11,17H,1,5-10H2,2-3H3,(H2,14,15,18,19). The summed E-state index contributed by atoms with van der Waals surface area (Å²) in [6, 6.07) is -0.299. The molecule has 19 heavy (non-hydrogen) atoms. The predicted molar refractivity (Wildman–Crippen MR) is 74.8 cm³/mol. The SMILES string of the molecule is C=CCNC(=O)NC(=O)CN(CCO)C(CC)CC. The van der Waals surface area contributed by atoms with Crippen LogP contribution in [0.25, 0.3) is 0 Å². The van der Waals surface area contributed by atoms with Crippen LogP contribution in [0.1, 0.15) is 26.7 Å². The minimum absolute atomic E-state index is 0.00750. The second-order valence-electron chi connectivity index (χ2n) is 4.21. The fraction of sp³-hybridized carbons (Fsp3) is 0.692. The second-order valence-corrected chi connectivity index (χ2v) is 4.21. The lowest BCUT2D eigenvalue weighted by Crippen LogP contribution is -2.47. The number of urea groups is 1. The van der Waals surface area contributed by atoms with Crippen LogP contribution in [-0.4, -0.2) is 54.2 Å². The Morgan fingerprint density at radius 2 is 2.00 bits per heavy atom. The van der Waals surface area contributed by atoms with Gasteiger partial charge in [0.25, 0.3) is 0 Å². The molecule has 0 heterocycles. The minimum Gasteiger partial charge on any atom is -0.395 e. The van der Waals surface area contributed by atoms with Crippen LogP contribution in [0, 0.1) is 0 Å². The first-order valence-electron chi connectivity index (χ1n) is 6.62. The van der Waals surface area contributed by atoms with E-state index in [9.17, 15) is 9.59 Å². The van der Waals surface area contributed by atoms with Crippen molar-refractivity contribution < 1.29 is 14.7 Å². The molecule has 0 fully saturated rings. The van der Waals surface area contributed by atoms with Crippen molar-refractivity contribution in [3.8, 4) is 0 Å². The molecule has 110 valence electrons. The van der Waals surface area contributed by atoms with Crippen LogP contribution in [0.15, 0.2) is 12.7 Å². The third-order valence-electron chi connectivity index (χ3n) is 2.85. The number of aliphatic hydroxyl groups is 1. The maximum atomic E-state index is 11.7. The molecule has 3 amide bonds. The normalized spacial score (nSPS) is 10.6. The molecule has 3 N–H and O–H groups in total. The van der Waals surface area contributed by atoms with Crippen molar-refractivity contribution in [2.24, 2.45) is 0 Å². The van der Waals surface area contributed by atoms with Gasteiger partial charge in [0.05, 0.1) is 13.2 Å². The van der Waals surface area contributed by atoms with Gasteiger partial charge >= 0.3 is 6.03 Å². The van der Waals surface area contributed by atoms with Gasteiger partial charge in [0, 0.05) is 19.1 Å². The van der Waals surface area contributed by atoms with Gasteiger partial charge in [-0.2, -0.15) is 0 Å². The van der Waals surface area contributed by atoms with Crippen LogP contribution in [-0.2, 0) is 4.79 Å². The van der Waals surface area contributed by atoms with E-state index >= 15 is 0 Å². The van der Waals surface area contributed by atoms with E-state index in [1.807, 2.05) is 18.7 Å². The lowest BCUT2D eigenvalue weighted by atomic mass is 10.1. The number of amides is 3. The van der Waals surface area contributed by atoms with E-state index in [0.717, 1.165) is 12.8 Å². The molecule has 0 saturated carbocycles. The first kappa shape index (κ1) is 17.6. The summed E-state index contributed by atoms with van der Waals surface area (Å²) in [6.07, 6.45) is 3.32. The Morgan fingerprint density at radius 1 is 1.37 bits per heavy atom. The molecule has 0 aliphatic carbocycles. The van der Waals surface area contributed by atoms with Crippen molar-refractivity contribution in [1.29, 1.82) is 0 Å². The van der Waals surface area contributed by atoms with Gasteiger partial charge in [-0.3, -0.25) is 15.0 Å². The lowest BCUT2D eigenvalue weighted by molar-refractivity contribution is -0.121. The summed E-state index contributed by atoms with van der Waals surface area (Å²) in [6.45, 7) is 8.37. The second kappa shape index (κ2) is 10.5. The zero-order valence-corrected chi connectivity index (χ0v) is 11.8. The molecule has 6 nitrogen and oxygen atoms in total. The zero-order valence-electron chi connectivity index (χ0n) is 11.8. The van der Waals surface area contributed by atoms with E-state index in [-0.39, 0.29) is 25.1 Å². The molecule has 0 rings (SSSR count). The van der Waals surface area contributed by atoms with Crippen LogP contribution in [0.4, 0.5) is 4.79 Å². The molecule has 0 radical (unpaired) electrons. The third kappa shape index (κ3) is 7.58. The van der Waals surface area contributed by atoms with Crippen LogP contribution < -0.4 is 10.6 Å². The van der Waals surface area contributed by atoms with Gasteiger partial charge in [-0.25, -0.2) is 4.79 Å². The zero-order chi connectivity index (χ0) is 14.7. The Kier molecular flexibility index (Phi) is 9.74. The van der Waals surface area contributed by atoms with E-state index in [0.29, 0.717) is 13.1 Å². The smallest absolute Gasteiger partial charge is 0.321 e. The highest BCUT2D eigenvalue weighted by Gasteiger charge is 2.18. The van der Waals surface area contributed by atoms with Crippen molar-refractivity contribution in [1.82, 2.24) is 15.5 Å². The molecule has 0 atom stereocenters. The third-order valence-corrected chi connectivity index (χ3v) is 2.85. The number of carbonyl (C=O) groups excluding carboxylic acids is 2. The molecule has 0 aliphatic heterocycles. The summed E-state index contributed by atoms with van der Waals surface area (Å²) in [4.78, 5) is 24.9. The summed E-state index contributed by atoms with van der Waals surface area (Å²) in [7, 11) is 0. The minimum atomic E-state index is -0.529. The summed E-state index contributed by atoms with van der Waals surface area (Å²) in [5, 5.41) is 13.7. The van der Waals surface area contributed by atoms with Crippen molar-refractivity contribution in [2.75, 3.05) is 26.2 Å². The van der Waals surface area contributed by atoms with Gasteiger partial charge in [0.1, 0.15) is 0 Å². The topological polar surface area (TPSA) is 81.7 Å². The molecular formula is C13H25N3O3. The average molecular weight is 271 g/mol. The number of imide groups is 1. The number of nitrogens with one attached hydrogen (secondary N) is 2. The molecule has 0 aliphatic rings. The highest BCUT2D eigenvalue weighted by atomic mass is 16.3. The molecule has 6 heteroatoms. The van der Waals surface area contributed by atoms with Crippen LogP contribution in [0.5, 0.6) is 0 Å². The number of hydrogen-bond donors (Lipinski definition) is 3. The van der Waals surface area contributed by atoms with Gasteiger partial charge in [-0.05, 0) is 12.8 Å². The van der Waals surface area contributed by atoms with E-state index in [1.54, 1.807) is 0 Å². The maximum Gasteiger partial charge on any atom is 0.321 e. The van der Waals surface area contributed by atoms with Crippen LogP contribution in [0.2, 0.25) is 0 Å². The Bertz CT molecular complexity index is 291. The maximum absolute atomic E-state index is 11.7. The Balaban J connectivity index is 4.30. The summed E-state index contributed by atoms with van der Waals surface area (Å²) in [5.41, 5.74) is 0. The van der Waals surface area contributed by atoms with Crippen molar-refractivity contribution in [3.05, 3.63) is 12.7 Å². The molecular weight excluding hydrogens is 246 g/mol. The average Bonchev–Trinajstić information content (AvgIpc) is 2.37. The number of hydrogen-bond acceptors (Lipinski definition) is 4. The van der Waals surface area contributed by atoms with E-state index in [4.69, 9.17) is 5.11 Å². The first-order chi connectivity index (χ1) is 9.08. The molecule has 0 aromatic heterocycles. The summed E-state index contributed by atoms with van der Waals surface area (Å²) < 4.78 is 0. The van der Waals surface area contributed by atoms with Gasteiger partial charge in [0.15, 0.2) is 0 Å². The van der Waals surface area contributed by atoms with Crippen molar-refractivity contribution in [3.63, 3.8) is 0 Å². The van der Waals surface area contributed by atoms with Gasteiger partial charge < -0.3 is 10.4 Å². The Labute approximate surface area is 114 Å². The predicted octanol–water partition coefficient (Wildman–Crippen LogP) is 0.481. The highest BCUT2D eigenvalue weighted by Crippen LogP contribution is 2.07. The van der Waals surface area contributed by atoms with Crippen molar-refractivity contribution in [2.45, 2.75) is 32.7 Å². The fourth-order valence-corrected chi connectivity index (χ4v) is 1.88. The molecule has 0 aromatic carbocycles. The van der Waals surface area contributed by atoms with E-state index in [2.05, 4.69) is 17.2 Å².